The third-order valence-electron chi connectivity index (χ3n) is 6.02. The first-order valence-electron chi connectivity index (χ1n) is 11.5. The normalized spacial score (nSPS) is 13.6. The molecule has 1 amide bonds. The van der Waals surface area contributed by atoms with Crippen molar-refractivity contribution in [2.45, 2.75) is 57.1 Å². The number of thioether (sulfide) groups is 1. The molecule has 4 aromatic rings. The Morgan fingerprint density at radius 2 is 2.06 bits per heavy atom. The quantitative estimate of drug-likeness (QED) is 0.233. The van der Waals surface area contributed by atoms with Crippen LogP contribution in [-0.4, -0.2) is 26.4 Å². The van der Waals surface area contributed by atoms with Crippen LogP contribution in [0.25, 0.3) is 21.5 Å². The van der Waals surface area contributed by atoms with Crippen LogP contribution in [0.3, 0.4) is 0 Å². The summed E-state index contributed by atoms with van der Waals surface area (Å²) in [4.78, 5) is 14.1. The number of nitrogens with one attached hydrogen (secondary N) is 1. The Bertz CT molecular complexity index is 1390. The van der Waals surface area contributed by atoms with Gasteiger partial charge in [-0.15, -0.1) is 32.9 Å². The fraction of sp³-hybridized carbons (Fsp3) is 0.360. The number of benzene rings is 1. The molecule has 3 heterocycles. The largest absolute Gasteiger partial charge is 0.316 e. The lowest BCUT2D eigenvalue weighted by atomic mass is 10.1. The zero-order valence-corrected chi connectivity index (χ0v) is 21.6. The molecule has 0 unspecified atom stereocenters. The number of nitriles is 1. The maximum absolute atomic E-state index is 12.8. The number of carbonyl (C=O) groups excluding carboxylic acids is 1. The van der Waals surface area contributed by atoms with Gasteiger partial charge in [-0.2, -0.15) is 5.26 Å². The van der Waals surface area contributed by atoms with Gasteiger partial charge in [-0.1, -0.05) is 36.4 Å². The highest BCUT2D eigenvalue weighted by Gasteiger charge is 2.23. The van der Waals surface area contributed by atoms with Crippen LogP contribution >= 0.6 is 34.4 Å². The lowest BCUT2D eigenvalue weighted by molar-refractivity contribution is -0.113. The molecule has 0 aliphatic heterocycles. The van der Waals surface area contributed by atoms with Gasteiger partial charge < -0.3 is 5.32 Å². The molecule has 0 saturated heterocycles. The second-order valence-electron chi connectivity index (χ2n) is 8.63. The molecule has 1 aromatic carbocycles. The Kier molecular flexibility index (Phi) is 6.73. The van der Waals surface area contributed by atoms with E-state index >= 15 is 0 Å². The highest BCUT2D eigenvalue weighted by molar-refractivity contribution is 7.99. The third-order valence-corrected chi connectivity index (χ3v) is 9.14. The van der Waals surface area contributed by atoms with Gasteiger partial charge in [0.2, 0.25) is 5.91 Å². The van der Waals surface area contributed by atoms with Crippen molar-refractivity contribution in [3.05, 3.63) is 45.6 Å². The fourth-order valence-electron chi connectivity index (χ4n) is 4.42. The Morgan fingerprint density at radius 3 is 2.88 bits per heavy atom. The lowest BCUT2D eigenvalue weighted by Gasteiger charge is -2.13. The number of amides is 1. The van der Waals surface area contributed by atoms with E-state index in [1.54, 1.807) is 22.7 Å². The van der Waals surface area contributed by atoms with Crippen molar-refractivity contribution in [1.82, 2.24) is 14.8 Å². The Morgan fingerprint density at radius 1 is 1.24 bits per heavy atom. The van der Waals surface area contributed by atoms with Gasteiger partial charge in [0.1, 0.15) is 11.1 Å². The molecule has 1 aliphatic rings. The van der Waals surface area contributed by atoms with Crippen LogP contribution in [0.4, 0.5) is 5.00 Å². The summed E-state index contributed by atoms with van der Waals surface area (Å²) < 4.78 is 3.31. The fourth-order valence-corrected chi connectivity index (χ4v) is 7.48. The Balaban J connectivity index is 1.34. The van der Waals surface area contributed by atoms with Crippen molar-refractivity contribution >= 4 is 55.4 Å². The lowest BCUT2D eigenvalue weighted by Crippen LogP contribution is -2.15. The number of carbonyl (C=O) groups is 1. The topological polar surface area (TPSA) is 83.6 Å². The first-order chi connectivity index (χ1) is 16.6. The van der Waals surface area contributed by atoms with Gasteiger partial charge in [0.15, 0.2) is 11.0 Å². The van der Waals surface area contributed by atoms with Gasteiger partial charge >= 0.3 is 0 Å². The zero-order valence-electron chi connectivity index (χ0n) is 19.1. The van der Waals surface area contributed by atoms with Gasteiger partial charge in [-0.05, 0) is 51.2 Å². The van der Waals surface area contributed by atoms with Gasteiger partial charge in [0, 0.05) is 31.9 Å². The molecule has 34 heavy (non-hydrogen) atoms. The summed E-state index contributed by atoms with van der Waals surface area (Å²) in [7, 11) is 0. The molecular formula is C25H25N5OS3. The third kappa shape index (κ3) is 4.38. The summed E-state index contributed by atoms with van der Waals surface area (Å²) in [5, 5.41) is 26.3. The molecular weight excluding hydrogens is 483 g/mol. The average Bonchev–Trinajstić information content (AvgIpc) is 3.48. The molecule has 174 valence electrons. The second-order valence-corrected chi connectivity index (χ2v) is 11.6. The van der Waals surface area contributed by atoms with Gasteiger partial charge in [0.25, 0.3) is 0 Å². The molecule has 1 N–H and O–H groups in total. The van der Waals surface area contributed by atoms with Crippen molar-refractivity contribution in [2.24, 2.45) is 0 Å². The number of thiophene rings is 2. The van der Waals surface area contributed by atoms with Crippen LogP contribution in [0.1, 0.15) is 55.2 Å². The molecule has 9 heteroatoms. The molecule has 0 spiro atoms. The standard InChI is InChI=1S/C25H25N5OS3/c1-15(2)30-23(19-13-32-20-10-7-6-9-17(19)20)28-29-25(30)33-14-22(31)27-24-18(12-26)16-8-4-3-5-11-21(16)34-24/h6-7,9-10,13,15H,3-5,8,11,14H2,1-2H3,(H,27,31). The van der Waals surface area contributed by atoms with E-state index in [9.17, 15) is 10.1 Å². The van der Waals surface area contributed by atoms with Crippen LogP contribution in [0.5, 0.6) is 0 Å². The SMILES string of the molecule is CC(C)n1c(SCC(=O)Nc2sc3c(c2C#N)CCCCC3)nnc1-c1csc2ccccc12. The molecule has 6 nitrogen and oxygen atoms in total. The van der Waals surface area contributed by atoms with E-state index in [1.165, 1.54) is 27.8 Å². The number of aryl methyl sites for hydroxylation is 1. The maximum atomic E-state index is 12.8. The summed E-state index contributed by atoms with van der Waals surface area (Å²) in [6, 6.07) is 10.8. The van der Waals surface area contributed by atoms with Gasteiger partial charge in [0.05, 0.1) is 11.3 Å². The van der Waals surface area contributed by atoms with E-state index in [0.717, 1.165) is 53.2 Å². The van der Waals surface area contributed by atoms with Crippen molar-refractivity contribution in [1.29, 1.82) is 5.26 Å². The predicted molar refractivity (Wildman–Crippen MR) is 141 cm³/mol. The van der Waals surface area contributed by atoms with Crippen LogP contribution in [0.2, 0.25) is 0 Å². The smallest absolute Gasteiger partial charge is 0.235 e. The summed E-state index contributed by atoms with van der Waals surface area (Å²) in [6.07, 6.45) is 5.38. The maximum Gasteiger partial charge on any atom is 0.235 e. The minimum atomic E-state index is -0.126. The number of hydrogen-bond donors (Lipinski definition) is 1. The van der Waals surface area contributed by atoms with Crippen molar-refractivity contribution < 1.29 is 4.79 Å². The highest BCUT2D eigenvalue weighted by atomic mass is 32.2. The molecule has 1 aliphatic carbocycles. The monoisotopic (exact) mass is 507 g/mol. The molecule has 0 saturated carbocycles. The predicted octanol–water partition coefficient (Wildman–Crippen LogP) is 6.67. The van der Waals surface area contributed by atoms with Crippen LogP contribution in [0, 0.1) is 11.3 Å². The van der Waals surface area contributed by atoms with Gasteiger partial charge in [-0.25, -0.2) is 0 Å². The van der Waals surface area contributed by atoms with E-state index in [-0.39, 0.29) is 17.7 Å². The summed E-state index contributed by atoms with van der Waals surface area (Å²) in [5.74, 6) is 0.908. The summed E-state index contributed by atoms with van der Waals surface area (Å²) >= 11 is 4.64. The number of hydrogen-bond acceptors (Lipinski definition) is 7. The van der Waals surface area contributed by atoms with Crippen LogP contribution in [0.15, 0.2) is 34.8 Å². The number of nitrogens with zero attached hydrogens (tertiary/aromatic N) is 4. The van der Waals surface area contributed by atoms with E-state index in [0.29, 0.717) is 10.6 Å². The van der Waals surface area contributed by atoms with E-state index < -0.39 is 0 Å². The molecule has 0 bridgehead atoms. The van der Waals surface area contributed by atoms with Crippen molar-refractivity contribution in [3.63, 3.8) is 0 Å². The molecule has 0 radical (unpaired) electrons. The minimum absolute atomic E-state index is 0.126. The van der Waals surface area contributed by atoms with Crippen molar-refractivity contribution in [3.8, 4) is 17.5 Å². The summed E-state index contributed by atoms with van der Waals surface area (Å²) in [5.41, 5.74) is 2.86. The Labute approximate surface area is 211 Å². The first kappa shape index (κ1) is 23.1. The average molecular weight is 508 g/mol. The van der Waals surface area contributed by atoms with Crippen LogP contribution in [-0.2, 0) is 17.6 Å². The first-order valence-corrected chi connectivity index (χ1v) is 14.1. The summed E-state index contributed by atoms with van der Waals surface area (Å²) in [6.45, 7) is 4.20. The second kappa shape index (κ2) is 9.90. The van der Waals surface area contributed by atoms with E-state index in [1.807, 2.05) is 12.1 Å². The number of anilines is 1. The molecule has 0 atom stereocenters. The van der Waals surface area contributed by atoms with E-state index in [4.69, 9.17) is 0 Å². The molecule has 3 aromatic heterocycles. The number of fused-ring (bicyclic) bond motifs is 2. The molecule has 5 rings (SSSR count). The minimum Gasteiger partial charge on any atom is -0.316 e. The highest BCUT2D eigenvalue weighted by Crippen LogP contribution is 2.38. The van der Waals surface area contributed by atoms with Crippen molar-refractivity contribution in [2.75, 3.05) is 11.1 Å². The number of aromatic nitrogens is 3. The zero-order chi connectivity index (χ0) is 23.7. The Hall–Kier alpha value is -2.67. The molecule has 0 fully saturated rings. The van der Waals surface area contributed by atoms with Gasteiger partial charge in [-0.3, -0.25) is 9.36 Å². The number of rotatable bonds is 6. The van der Waals surface area contributed by atoms with Crippen LogP contribution < -0.4 is 5.32 Å². The van der Waals surface area contributed by atoms with E-state index in [2.05, 4.69) is 57.5 Å².